The Hall–Kier alpha value is -1.41. The number of aromatic nitrogens is 1. The van der Waals surface area contributed by atoms with Crippen LogP contribution in [0.1, 0.15) is 11.9 Å². The van der Waals surface area contributed by atoms with Gasteiger partial charge in [-0.2, -0.15) is 5.26 Å². The second-order valence-electron chi connectivity index (χ2n) is 2.82. The van der Waals surface area contributed by atoms with E-state index in [-0.39, 0.29) is 5.91 Å². The lowest BCUT2D eigenvalue weighted by atomic mass is 10.2. The fourth-order valence-electron chi connectivity index (χ4n) is 0.881. The molecule has 1 heterocycles. The molecule has 14 heavy (non-hydrogen) atoms. The highest BCUT2D eigenvalue weighted by Gasteiger charge is 2.10. The molecule has 1 aromatic heterocycles. The lowest BCUT2D eigenvalue weighted by Gasteiger charge is -2.03. The number of carbonyl (C=O) groups excluding carboxylic acids is 1. The molecule has 0 fully saturated rings. The minimum absolute atomic E-state index is 0.218. The first-order chi connectivity index (χ1) is 6.74. The fraction of sp³-hybridized carbons (Fsp3) is 0.444. The molecule has 0 spiro atoms. The van der Waals surface area contributed by atoms with E-state index >= 15 is 0 Å². The Morgan fingerprint density at radius 2 is 2.64 bits per heavy atom. The summed E-state index contributed by atoms with van der Waals surface area (Å²) >= 11 is 1.56. The normalized spacial score (nSPS) is 11.7. The molecular weight excluding hydrogens is 198 g/mol. The highest BCUT2D eigenvalue weighted by atomic mass is 32.1. The number of nitriles is 1. The smallest absolute Gasteiger partial charge is 0.237 e. The van der Waals surface area contributed by atoms with Crippen LogP contribution in [0.4, 0.5) is 0 Å². The van der Waals surface area contributed by atoms with Crippen LogP contribution in [0, 0.1) is 17.2 Å². The van der Waals surface area contributed by atoms with E-state index in [2.05, 4.69) is 10.3 Å². The molecule has 5 heteroatoms. The summed E-state index contributed by atoms with van der Waals surface area (Å²) in [7, 11) is 0. The van der Waals surface area contributed by atoms with Gasteiger partial charge in [0.05, 0.1) is 11.1 Å². The molecule has 1 unspecified atom stereocenters. The van der Waals surface area contributed by atoms with E-state index in [1.54, 1.807) is 24.5 Å². The summed E-state index contributed by atoms with van der Waals surface area (Å²) in [6.07, 6.45) is 2.46. The number of nitrogens with one attached hydrogen (secondary N) is 1. The van der Waals surface area contributed by atoms with Gasteiger partial charge in [0.25, 0.3) is 0 Å². The Morgan fingerprint density at radius 1 is 1.86 bits per heavy atom. The highest BCUT2D eigenvalue weighted by molar-refractivity contribution is 7.09. The van der Waals surface area contributed by atoms with Crippen LogP contribution in [-0.2, 0) is 11.2 Å². The van der Waals surface area contributed by atoms with Gasteiger partial charge in [0, 0.05) is 24.5 Å². The molecule has 0 aliphatic rings. The number of nitrogens with zero attached hydrogens (tertiary/aromatic N) is 2. The Kier molecular flexibility index (Phi) is 4.08. The third kappa shape index (κ3) is 3.15. The number of hydrogen-bond donors (Lipinski definition) is 1. The van der Waals surface area contributed by atoms with Gasteiger partial charge in [-0.3, -0.25) is 4.79 Å². The molecule has 74 valence electrons. The molecule has 1 amide bonds. The second-order valence-corrected chi connectivity index (χ2v) is 3.80. The first-order valence-corrected chi connectivity index (χ1v) is 5.17. The number of hydrogen-bond acceptors (Lipinski definition) is 4. The van der Waals surface area contributed by atoms with Gasteiger partial charge in [-0.15, -0.1) is 11.3 Å². The van der Waals surface area contributed by atoms with Crippen molar-refractivity contribution in [1.29, 1.82) is 5.26 Å². The lowest BCUT2D eigenvalue weighted by Crippen LogP contribution is -2.30. The van der Waals surface area contributed by atoms with Crippen LogP contribution >= 0.6 is 11.3 Å². The van der Waals surface area contributed by atoms with Crippen molar-refractivity contribution in [2.75, 3.05) is 6.54 Å². The first-order valence-electron chi connectivity index (χ1n) is 4.29. The molecule has 0 saturated heterocycles. The van der Waals surface area contributed by atoms with Gasteiger partial charge in [-0.1, -0.05) is 0 Å². The quantitative estimate of drug-likeness (QED) is 0.803. The van der Waals surface area contributed by atoms with E-state index in [0.717, 1.165) is 11.4 Å². The largest absolute Gasteiger partial charge is 0.355 e. The van der Waals surface area contributed by atoms with Crippen molar-refractivity contribution < 1.29 is 4.79 Å². The Morgan fingerprint density at radius 3 is 3.21 bits per heavy atom. The fourth-order valence-corrected chi connectivity index (χ4v) is 1.50. The van der Waals surface area contributed by atoms with Crippen molar-refractivity contribution in [3.8, 4) is 6.07 Å². The topological polar surface area (TPSA) is 65.8 Å². The summed E-state index contributed by atoms with van der Waals surface area (Å²) < 4.78 is 0. The monoisotopic (exact) mass is 209 g/mol. The molecule has 0 bridgehead atoms. The molecule has 1 aromatic rings. The van der Waals surface area contributed by atoms with Gasteiger partial charge in [0.15, 0.2) is 0 Å². The maximum atomic E-state index is 11.2. The SMILES string of the molecule is CC(C#N)C(=O)NCCc1nccs1. The molecule has 0 aliphatic heterocycles. The number of thiazole rings is 1. The van der Waals surface area contributed by atoms with Crippen molar-refractivity contribution in [1.82, 2.24) is 10.3 Å². The van der Waals surface area contributed by atoms with E-state index in [4.69, 9.17) is 5.26 Å². The molecule has 0 aromatic carbocycles. The molecule has 0 radical (unpaired) electrons. The Labute approximate surface area is 86.6 Å². The molecule has 4 nitrogen and oxygen atoms in total. The van der Waals surface area contributed by atoms with Crippen molar-refractivity contribution in [3.63, 3.8) is 0 Å². The molecule has 0 saturated carbocycles. The van der Waals surface area contributed by atoms with E-state index in [9.17, 15) is 4.79 Å². The third-order valence-corrected chi connectivity index (χ3v) is 2.55. The minimum atomic E-state index is -0.578. The predicted octanol–water partition coefficient (Wildman–Crippen LogP) is 0.961. The van der Waals surface area contributed by atoms with Gasteiger partial charge in [0.1, 0.15) is 5.92 Å². The zero-order chi connectivity index (χ0) is 10.4. The van der Waals surface area contributed by atoms with Crippen molar-refractivity contribution in [3.05, 3.63) is 16.6 Å². The summed E-state index contributed by atoms with van der Waals surface area (Å²) in [6.45, 7) is 2.12. The number of amides is 1. The van der Waals surface area contributed by atoms with Gasteiger partial charge in [0.2, 0.25) is 5.91 Å². The number of rotatable bonds is 4. The van der Waals surface area contributed by atoms with Crippen LogP contribution in [0.25, 0.3) is 0 Å². The number of carbonyl (C=O) groups is 1. The standard InChI is InChI=1S/C9H11N3OS/c1-7(6-10)9(13)12-3-2-8-11-4-5-14-8/h4-5,7H,2-3H2,1H3,(H,12,13). The summed E-state index contributed by atoms with van der Waals surface area (Å²) in [4.78, 5) is 15.2. The average Bonchev–Trinajstić information content (AvgIpc) is 2.69. The van der Waals surface area contributed by atoms with Crippen LogP contribution in [0.5, 0.6) is 0 Å². The zero-order valence-electron chi connectivity index (χ0n) is 7.86. The minimum Gasteiger partial charge on any atom is -0.355 e. The molecule has 0 aliphatic carbocycles. The summed E-state index contributed by atoms with van der Waals surface area (Å²) in [6, 6.07) is 1.88. The van der Waals surface area contributed by atoms with Crippen molar-refractivity contribution in [2.45, 2.75) is 13.3 Å². The van der Waals surface area contributed by atoms with Gasteiger partial charge in [-0.05, 0) is 6.92 Å². The Balaban J connectivity index is 2.23. The van der Waals surface area contributed by atoms with Gasteiger partial charge >= 0.3 is 0 Å². The zero-order valence-corrected chi connectivity index (χ0v) is 8.67. The molecule has 1 rings (SSSR count). The average molecular weight is 209 g/mol. The highest BCUT2D eigenvalue weighted by Crippen LogP contribution is 2.03. The van der Waals surface area contributed by atoms with E-state index in [1.165, 1.54) is 0 Å². The van der Waals surface area contributed by atoms with Crippen LogP contribution < -0.4 is 5.32 Å². The first kappa shape index (κ1) is 10.7. The maximum absolute atomic E-state index is 11.2. The van der Waals surface area contributed by atoms with E-state index in [0.29, 0.717) is 6.54 Å². The van der Waals surface area contributed by atoms with Crippen LogP contribution in [-0.4, -0.2) is 17.4 Å². The van der Waals surface area contributed by atoms with Gasteiger partial charge < -0.3 is 5.32 Å². The van der Waals surface area contributed by atoms with E-state index in [1.807, 2.05) is 11.4 Å². The van der Waals surface area contributed by atoms with Crippen molar-refractivity contribution >= 4 is 17.2 Å². The van der Waals surface area contributed by atoms with Crippen molar-refractivity contribution in [2.24, 2.45) is 5.92 Å². The van der Waals surface area contributed by atoms with Crippen LogP contribution in [0.2, 0.25) is 0 Å². The molecule has 1 N–H and O–H groups in total. The van der Waals surface area contributed by atoms with Crippen LogP contribution in [0.3, 0.4) is 0 Å². The lowest BCUT2D eigenvalue weighted by molar-refractivity contribution is -0.122. The summed E-state index contributed by atoms with van der Waals surface area (Å²) in [5.41, 5.74) is 0. The van der Waals surface area contributed by atoms with E-state index < -0.39 is 5.92 Å². The molecule has 1 atom stereocenters. The van der Waals surface area contributed by atoms with Crippen LogP contribution in [0.15, 0.2) is 11.6 Å². The second kappa shape index (κ2) is 5.35. The van der Waals surface area contributed by atoms with Gasteiger partial charge in [-0.25, -0.2) is 4.98 Å². The predicted molar refractivity (Wildman–Crippen MR) is 53.6 cm³/mol. The third-order valence-electron chi connectivity index (χ3n) is 1.71. The maximum Gasteiger partial charge on any atom is 0.237 e. The molecular formula is C9H11N3OS. The summed E-state index contributed by atoms with van der Waals surface area (Å²) in [5, 5.41) is 14.0. The summed E-state index contributed by atoms with van der Waals surface area (Å²) in [5.74, 6) is -0.796. The Bertz CT molecular complexity index is 328.